The number of carboxylic acid groups (broad SMARTS) is 1. The van der Waals surface area contributed by atoms with Gasteiger partial charge in [-0.25, -0.2) is 0 Å². The number of hydrogen-bond acceptors (Lipinski definition) is 4. The minimum Gasteiger partial charge on any atom is -0.480 e. The van der Waals surface area contributed by atoms with Gasteiger partial charge in [0.25, 0.3) is 0 Å². The summed E-state index contributed by atoms with van der Waals surface area (Å²) in [5.74, 6) is -0.763. The highest BCUT2D eigenvalue weighted by atomic mass is 32.1. The lowest BCUT2D eigenvalue weighted by Crippen LogP contribution is -2.45. The summed E-state index contributed by atoms with van der Waals surface area (Å²) in [6.45, 7) is 1.61. The van der Waals surface area contributed by atoms with Crippen molar-refractivity contribution >= 4 is 24.5 Å². The Morgan fingerprint density at radius 3 is 1.76 bits per heavy atom. The van der Waals surface area contributed by atoms with Crippen LogP contribution >= 0.6 is 12.6 Å². The third-order valence-corrected chi connectivity index (χ3v) is 7.28. The standard InChI is InChI=1S/C12H23N.C11H19NO3S/c1-3-7-11(8-4-1)13-12-9-5-2-6-10-12;1-8(7-16)11(15)12(6-10(13)14)9-4-2-3-5-9/h11-13H,1-10H2;8-9,16H,2-7H2,1H3,(H,13,14). The predicted molar refractivity (Wildman–Crippen MR) is 122 cm³/mol. The normalized spacial score (nSPS) is 22.6. The van der Waals surface area contributed by atoms with Gasteiger partial charge in [0.1, 0.15) is 6.54 Å². The number of carboxylic acids is 1. The lowest BCUT2D eigenvalue weighted by atomic mass is 9.91. The lowest BCUT2D eigenvalue weighted by molar-refractivity contribution is -0.147. The molecule has 0 saturated heterocycles. The summed E-state index contributed by atoms with van der Waals surface area (Å²) < 4.78 is 0. The molecule has 3 aliphatic rings. The molecule has 1 amide bonds. The minimum absolute atomic E-state index is 0.0794. The molecule has 3 saturated carbocycles. The molecule has 0 aromatic rings. The van der Waals surface area contributed by atoms with E-state index in [2.05, 4.69) is 17.9 Å². The van der Waals surface area contributed by atoms with Crippen LogP contribution in [0.5, 0.6) is 0 Å². The second kappa shape index (κ2) is 13.5. The fourth-order valence-electron chi connectivity index (χ4n) is 4.98. The zero-order valence-corrected chi connectivity index (χ0v) is 19.2. The van der Waals surface area contributed by atoms with Crippen molar-refractivity contribution in [3.8, 4) is 0 Å². The van der Waals surface area contributed by atoms with Crippen LogP contribution in [0.1, 0.15) is 96.8 Å². The molecule has 29 heavy (non-hydrogen) atoms. The number of amides is 1. The fourth-order valence-corrected chi connectivity index (χ4v) is 5.14. The van der Waals surface area contributed by atoms with E-state index in [1.165, 1.54) is 69.1 Å². The van der Waals surface area contributed by atoms with E-state index in [0.717, 1.165) is 37.8 Å². The van der Waals surface area contributed by atoms with E-state index in [0.29, 0.717) is 5.75 Å². The topological polar surface area (TPSA) is 69.6 Å². The Morgan fingerprint density at radius 2 is 1.34 bits per heavy atom. The molecular formula is C23H42N2O3S. The summed E-state index contributed by atoms with van der Waals surface area (Å²) in [6, 6.07) is 1.86. The highest BCUT2D eigenvalue weighted by Gasteiger charge is 2.30. The first kappa shape index (κ1) is 24.5. The van der Waals surface area contributed by atoms with Crippen LogP contribution in [0.25, 0.3) is 0 Å². The van der Waals surface area contributed by atoms with Crippen molar-refractivity contribution in [2.75, 3.05) is 12.3 Å². The number of carbonyl (C=O) groups is 2. The van der Waals surface area contributed by atoms with E-state index in [-0.39, 0.29) is 24.4 Å². The zero-order chi connectivity index (χ0) is 21.1. The molecule has 1 atom stereocenters. The van der Waals surface area contributed by atoms with E-state index in [1.54, 1.807) is 6.92 Å². The van der Waals surface area contributed by atoms with Crippen molar-refractivity contribution in [1.29, 1.82) is 0 Å². The van der Waals surface area contributed by atoms with Crippen LogP contribution in [0.3, 0.4) is 0 Å². The molecule has 0 spiro atoms. The highest BCUT2D eigenvalue weighted by Crippen LogP contribution is 2.25. The van der Waals surface area contributed by atoms with Gasteiger partial charge in [0.2, 0.25) is 5.91 Å². The van der Waals surface area contributed by atoms with Crippen LogP contribution in [0, 0.1) is 5.92 Å². The minimum atomic E-state index is -0.938. The fraction of sp³-hybridized carbons (Fsp3) is 0.913. The number of thiol groups is 1. The summed E-state index contributed by atoms with van der Waals surface area (Å²) in [7, 11) is 0. The van der Waals surface area contributed by atoms with Crippen LogP contribution in [0.2, 0.25) is 0 Å². The molecule has 6 heteroatoms. The van der Waals surface area contributed by atoms with Crippen molar-refractivity contribution < 1.29 is 14.7 Å². The van der Waals surface area contributed by atoms with Gasteiger partial charge >= 0.3 is 5.97 Å². The summed E-state index contributed by atoms with van der Waals surface area (Å²) in [5.41, 5.74) is 0. The number of nitrogens with zero attached hydrogens (tertiary/aromatic N) is 1. The smallest absolute Gasteiger partial charge is 0.323 e. The third-order valence-electron chi connectivity index (χ3n) is 6.73. The summed E-state index contributed by atoms with van der Waals surface area (Å²) in [4.78, 5) is 24.3. The third kappa shape index (κ3) is 8.87. The number of nitrogens with one attached hydrogen (secondary N) is 1. The number of hydrogen-bond donors (Lipinski definition) is 3. The molecule has 0 aromatic heterocycles. The van der Waals surface area contributed by atoms with Crippen LogP contribution in [-0.4, -0.2) is 52.3 Å². The highest BCUT2D eigenvalue weighted by molar-refractivity contribution is 7.80. The average Bonchev–Trinajstić information content (AvgIpc) is 3.27. The van der Waals surface area contributed by atoms with E-state index in [4.69, 9.17) is 5.11 Å². The Bertz CT molecular complexity index is 469. The predicted octanol–water partition coefficient (Wildman–Crippen LogP) is 4.65. The van der Waals surface area contributed by atoms with Gasteiger partial charge in [-0.05, 0) is 38.5 Å². The van der Waals surface area contributed by atoms with E-state index >= 15 is 0 Å². The van der Waals surface area contributed by atoms with Crippen LogP contribution in [0.4, 0.5) is 0 Å². The molecule has 2 N–H and O–H groups in total. The van der Waals surface area contributed by atoms with Crippen LogP contribution in [-0.2, 0) is 9.59 Å². The Balaban J connectivity index is 0.000000211. The second-order valence-electron chi connectivity index (χ2n) is 9.22. The van der Waals surface area contributed by atoms with Gasteiger partial charge in [0, 0.05) is 29.8 Å². The van der Waals surface area contributed by atoms with Gasteiger partial charge in [-0.2, -0.15) is 12.6 Å². The maximum atomic E-state index is 12.0. The molecule has 0 aromatic carbocycles. The maximum absolute atomic E-state index is 12.0. The molecule has 0 aliphatic heterocycles. The Labute approximate surface area is 182 Å². The molecule has 3 aliphatic carbocycles. The largest absolute Gasteiger partial charge is 0.480 e. The summed E-state index contributed by atoms with van der Waals surface area (Å²) >= 11 is 4.09. The first-order valence-corrected chi connectivity index (χ1v) is 12.5. The molecule has 1 unspecified atom stereocenters. The lowest BCUT2D eigenvalue weighted by Gasteiger charge is -2.30. The van der Waals surface area contributed by atoms with Gasteiger partial charge in [-0.1, -0.05) is 58.3 Å². The van der Waals surface area contributed by atoms with Crippen molar-refractivity contribution in [2.24, 2.45) is 5.92 Å². The van der Waals surface area contributed by atoms with Crippen LogP contribution < -0.4 is 5.32 Å². The number of rotatable bonds is 7. The average molecular weight is 427 g/mol. The van der Waals surface area contributed by atoms with E-state index in [1.807, 2.05) is 0 Å². The van der Waals surface area contributed by atoms with Gasteiger partial charge in [0.05, 0.1) is 0 Å². The molecule has 0 heterocycles. The Morgan fingerprint density at radius 1 is 0.897 bits per heavy atom. The second-order valence-corrected chi connectivity index (χ2v) is 9.58. The quantitative estimate of drug-likeness (QED) is 0.518. The first-order valence-electron chi connectivity index (χ1n) is 11.9. The van der Waals surface area contributed by atoms with Gasteiger partial charge in [0.15, 0.2) is 0 Å². The van der Waals surface area contributed by atoms with Crippen LogP contribution in [0.15, 0.2) is 0 Å². The van der Waals surface area contributed by atoms with Crippen molar-refractivity contribution in [2.45, 2.75) is 115 Å². The van der Waals surface area contributed by atoms with Crippen molar-refractivity contribution in [3.63, 3.8) is 0 Å². The van der Waals surface area contributed by atoms with Gasteiger partial charge < -0.3 is 15.3 Å². The Kier molecular flexibility index (Phi) is 11.4. The van der Waals surface area contributed by atoms with Crippen molar-refractivity contribution in [3.05, 3.63) is 0 Å². The van der Waals surface area contributed by atoms with E-state index < -0.39 is 5.97 Å². The number of aliphatic carboxylic acids is 1. The zero-order valence-electron chi connectivity index (χ0n) is 18.3. The van der Waals surface area contributed by atoms with Gasteiger partial charge in [-0.3, -0.25) is 9.59 Å². The molecule has 0 radical (unpaired) electrons. The molecule has 5 nitrogen and oxygen atoms in total. The monoisotopic (exact) mass is 426 g/mol. The maximum Gasteiger partial charge on any atom is 0.323 e. The molecule has 3 rings (SSSR count). The number of carbonyl (C=O) groups excluding carboxylic acids is 1. The molecule has 3 fully saturated rings. The first-order chi connectivity index (χ1) is 14.0. The van der Waals surface area contributed by atoms with Crippen molar-refractivity contribution in [1.82, 2.24) is 10.2 Å². The van der Waals surface area contributed by atoms with Gasteiger partial charge in [-0.15, -0.1) is 0 Å². The molecule has 0 bridgehead atoms. The molecule has 168 valence electrons. The molecular weight excluding hydrogens is 384 g/mol. The summed E-state index contributed by atoms with van der Waals surface area (Å²) in [6.07, 6.45) is 18.6. The summed E-state index contributed by atoms with van der Waals surface area (Å²) in [5, 5.41) is 12.7. The Hall–Kier alpha value is -0.750. The SMILES string of the molecule is C1CCC(NC2CCCCC2)CC1.CC(CS)C(=O)N(CC(=O)O)C1CCCC1. The van der Waals surface area contributed by atoms with E-state index in [9.17, 15) is 9.59 Å².